The SMILES string of the molecule is CC(C)(CCC[N+](C)(C)C)OC(=O)N1CCC(C(=O)O)CC1. The Balaban J connectivity index is 2.38. The van der Waals surface area contributed by atoms with Crippen LogP contribution in [0.4, 0.5) is 4.79 Å². The number of likely N-dealkylation sites (tertiary alicyclic amines) is 1. The molecule has 0 aromatic heterocycles. The molecule has 1 heterocycles. The first kappa shape index (κ1) is 18.7. The summed E-state index contributed by atoms with van der Waals surface area (Å²) in [5.41, 5.74) is -0.490. The third-order valence-corrected chi connectivity index (χ3v) is 4.07. The van der Waals surface area contributed by atoms with Crippen molar-refractivity contribution < 1.29 is 23.9 Å². The minimum atomic E-state index is -0.770. The van der Waals surface area contributed by atoms with Crippen molar-refractivity contribution in [2.24, 2.45) is 5.92 Å². The molecule has 1 fully saturated rings. The van der Waals surface area contributed by atoms with E-state index in [-0.39, 0.29) is 12.0 Å². The standard InChI is InChI=1S/C16H30N2O4/c1-16(2,9-6-12-18(3,4)5)22-15(21)17-10-7-13(8-11-17)14(19)20/h13H,6-12H2,1-5H3/p+1. The molecule has 0 bridgehead atoms. The molecule has 0 atom stereocenters. The van der Waals surface area contributed by atoms with Crippen molar-refractivity contribution in [2.45, 2.75) is 45.1 Å². The van der Waals surface area contributed by atoms with Crippen LogP contribution in [0, 0.1) is 5.92 Å². The Morgan fingerprint density at radius 1 is 1.23 bits per heavy atom. The maximum Gasteiger partial charge on any atom is 0.410 e. The van der Waals surface area contributed by atoms with E-state index in [2.05, 4.69) is 21.1 Å². The van der Waals surface area contributed by atoms with Gasteiger partial charge < -0.3 is 19.2 Å². The van der Waals surface area contributed by atoms with Crippen LogP contribution in [0.5, 0.6) is 0 Å². The van der Waals surface area contributed by atoms with Crippen molar-refractivity contribution in [1.82, 2.24) is 4.90 Å². The van der Waals surface area contributed by atoms with E-state index in [0.29, 0.717) is 25.9 Å². The Morgan fingerprint density at radius 3 is 2.23 bits per heavy atom. The lowest BCUT2D eigenvalue weighted by Crippen LogP contribution is -2.44. The summed E-state index contributed by atoms with van der Waals surface area (Å²) in [5.74, 6) is -1.10. The topological polar surface area (TPSA) is 66.8 Å². The Kier molecular flexibility index (Phi) is 6.23. The van der Waals surface area contributed by atoms with Gasteiger partial charge in [-0.25, -0.2) is 4.79 Å². The van der Waals surface area contributed by atoms with Crippen molar-refractivity contribution in [3.05, 3.63) is 0 Å². The predicted octanol–water partition coefficient (Wildman–Crippen LogP) is 2.18. The molecule has 6 nitrogen and oxygen atoms in total. The van der Waals surface area contributed by atoms with E-state index in [1.165, 1.54) is 0 Å². The largest absolute Gasteiger partial charge is 0.481 e. The molecule has 0 spiro atoms. The average molecular weight is 315 g/mol. The van der Waals surface area contributed by atoms with E-state index in [1.54, 1.807) is 4.90 Å². The number of carboxylic acid groups (broad SMARTS) is 1. The molecular formula is C16H31N2O4+. The average Bonchev–Trinajstić information content (AvgIpc) is 2.36. The third kappa shape index (κ3) is 6.64. The summed E-state index contributed by atoms with van der Waals surface area (Å²) in [6, 6.07) is 0. The smallest absolute Gasteiger partial charge is 0.410 e. The second-order valence-corrected chi connectivity index (χ2v) is 7.84. The van der Waals surface area contributed by atoms with E-state index in [9.17, 15) is 9.59 Å². The van der Waals surface area contributed by atoms with Crippen LogP contribution in [0.2, 0.25) is 0 Å². The number of piperidine rings is 1. The number of carboxylic acids is 1. The summed E-state index contributed by atoms with van der Waals surface area (Å²) in [6.45, 7) is 5.83. The van der Waals surface area contributed by atoms with Crippen LogP contribution < -0.4 is 0 Å². The molecule has 0 aromatic carbocycles. The van der Waals surface area contributed by atoms with E-state index < -0.39 is 11.6 Å². The van der Waals surface area contributed by atoms with Crippen LogP contribution in [-0.4, -0.2) is 72.9 Å². The number of ether oxygens (including phenoxy) is 1. The summed E-state index contributed by atoms with van der Waals surface area (Å²) < 4.78 is 6.52. The molecule has 6 heteroatoms. The van der Waals surface area contributed by atoms with Gasteiger partial charge in [0.1, 0.15) is 5.60 Å². The lowest BCUT2D eigenvalue weighted by molar-refractivity contribution is -0.870. The lowest BCUT2D eigenvalue weighted by Gasteiger charge is -2.34. The fraction of sp³-hybridized carbons (Fsp3) is 0.875. The van der Waals surface area contributed by atoms with Gasteiger partial charge in [0, 0.05) is 19.5 Å². The summed E-state index contributed by atoms with van der Waals surface area (Å²) >= 11 is 0. The van der Waals surface area contributed by atoms with E-state index in [1.807, 2.05) is 13.8 Å². The molecule has 0 aliphatic carbocycles. The minimum absolute atomic E-state index is 0.320. The fourth-order valence-electron chi connectivity index (χ4n) is 2.64. The minimum Gasteiger partial charge on any atom is -0.481 e. The molecule has 0 unspecified atom stereocenters. The fourth-order valence-corrected chi connectivity index (χ4v) is 2.64. The van der Waals surface area contributed by atoms with Gasteiger partial charge >= 0.3 is 12.1 Å². The van der Waals surface area contributed by atoms with Gasteiger partial charge in [-0.1, -0.05) is 0 Å². The Hall–Kier alpha value is -1.30. The van der Waals surface area contributed by atoms with Crippen molar-refractivity contribution >= 4 is 12.1 Å². The van der Waals surface area contributed by atoms with Crippen molar-refractivity contribution in [3.63, 3.8) is 0 Å². The molecule has 0 saturated carbocycles. The Morgan fingerprint density at radius 2 is 1.77 bits per heavy atom. The van der Waals surface area contributed by atoms with Gasteiger partial charge in [0.15, 0.2) is 0 Å². The van der Waals surface area contributed by atoms with Crippen LogP contribution in [0.25, 0.3) is 0 Å². The second kappa shape index (κ2) is 7.31. The molecule has 1 rings (SSSR count). The van der Waals surface area contributed by atoms with Crippen molar-refractivity contribution in [3.8, 4) is 0 Å². The van der Waals surface area contributed by atoms with E-state index in [0.717, 1.165) is 23.9 Å². The van der Waals surface area contributed by atoms with Gasteiger partial charge in [0.05, 0.1) is 33.6 Å². The molecular weight excluding hydrogens is 284 g/mol. The maximum absolute atomic E-state index is 12.2. The molecule has 22 heavy (non-hydrogen) atoms. The molecule has 1 saturated heterocycles. The Bertz CT molecular complexity index is 393. The number of rotatable bonds is 6. The number of carbonyl (C=O) groups excluding carboxylic acids is 1. The second-order valence-electron chi connectivity index (χ2n) is 7.84. The number of carbonyl (C=O) groups is 2. The summed E-state index contributed by atoms with van der Waals surface area (Å²) in [5, 5.41) is 8.98. The first-order valence-corrected chi connectivity index (χ1v) is 8.01. The number of hydrogen-bond acceptors (Lipinski definition) is 3. The summed E-state index contributed by atoms with van der Waals surface area (Å²) in [7, 11) is 6.43. The van der Waals surface area contributed by atoms with E-state index in [4.69, 9.17) is 9.84 Å². The number of nitrogens with zero attached hydrogens (tertiary/aromatic N) is 2. The van der Waals surface area contributed by atoms with Crippen LogP contribution in [0.1, 0.15) is 39.5 Å². The van der Waals surface area contributed by atoms with Gasteiger partial charge in [-0.05, 0) is 33.1 Å². The van der Waals surface area contributed by atoms with Crippen molar-refractivity contribution in [1.29, 1.82) is 0 Å². The molecule has 0 aromatic rings. The highest BCUT2D eigenvalue weighted by atomic mass is 16.6. The first-order chi connectivity index (χ1) is 10.0. The van der Waals surface area contributed by atoms with Gasteiger partial charge in [-0.3, -0.25) is 4.79 Å². The Labute approximate surface area is 133 Å². The quantitative estimate of drug-likeness (QED) is 0.763. The van der Waals surface area contributed by atoms with Gasteiger partial charge in [0.2, 0.25) is 0 Å². The molecule has 1 amide bonds. The zero-order chi connectivity index (χ0) is 17.0. The van der Waals surface area contributed by atoms with Gasteiger partial charge in [0.25, 0.3) is 0 Å². The molecule has 128 valence electrons. The number of aliphatic carboxylic acids is 1. The summed E-state index contributed by atoms with van der Waals surface area (Å²) in [6.07, 6.45) is 2.50. The van der Waals surface area contributed by atoms with Gasteiger partial charge in [-0.15, -0.1) is 0 Å². The van der Waals surface area contributed by atoms with Crippen LogP contribution in [0.15, 0.2) is 0 Å². The monoisotopic (exact) mass is 315 g/mol. The van der Waals surface area contributed by atoms with Gasteiger partial charge in [-0.2, -0.15) is 0 Å². The number of hydrogen-bond donors (Lipinski definition) is 1. The molecule has 1 aliphatic heterocycles. The van der Waals surface area contributed by atoms with Crippen LogP contribution in [-0.2, 0) is 9.53 Å². The zero-order valence-electron chi connectivity index (χ0n) is 14.6. The number of quaternary nitrogens is 1. The normalized spacial score (nSPS) is 17.4. The highest BCUT2D eigenvalue weighted by Gasteiger charge is 2.31. The molecule has 1 N–H and O–H groups in total. The predicted molar refractivity (Wildman–Crippen MR) is 84.6 cm³/mol. The van der Waals surface area contributed by atoms with Crippen LogP contribution >= 0.6 is 0 Å². The van der Waals surface area contributed by atoms with Crippen LogP contribution in [0.3, 0.4) is 0 Å². The third-order valence-electron chi connectivity index (χ3n) is 4.07. The highest BCUT2D eigenvalue weighted by Crippen LogP contribution is 2.22. The number of amides is 1. The van der Waals surface area contributed by atoms with Crippen molar-refractivity contribution in [2.75, 3.05) is 40.8 Å². The zero-order valence-corrected chi connectivity index (χ0v) is 14.6. The first-order valence-electron chi connectivity index (χ1n) is 8.01. The molecule has 1 aliphatic rings. The lowest BCUT2D eigenvalue weighted by atomic mass is 9.97. The summed E-state index contributed by atoms with van der Waals surface area (Å²) in [4.78, 5) is 24.8. The maximum atomic E-state index is 12.2. The van der Waals surface area contributed by atoms with E-state index >= 15 is 0 Å². The highest BCUT2D eigenvalue weighted by molar-refractivity contribution is 5.71. The molecule has 0 radical (unpaired) electrons.